The number of hydrogen-bond donors (Lipinski definition) is 0. The quantitative estimate of drug-likeness (QED) is 0.693. The summed E-state index contributed by atoms with van der Waals surface area (Å²) < 4.78 is 13.8. The van der Waals surface area contributed by atoms with Crippen molar-refractivity contribution in [3.8, 4) is 11.1 Å². The van der Waals surface area contributed by atoms with Gasteiger partial charge >= 0.3 is 0 Å². The van der Waals surface area contributed by atoms with E-state index in [9.17, 15) is 4.39 Å². The third-order valence-corrected chi connectivity index (χ3v) is 3.27. The highest BCUT2D eigenvalue weighted by Gasteiger charge is 2.12. The third-order valence-electron chi connectivity index (χ3n) is 3.27. The van der Waals surface area contributed by atoms with Gasteiger partial charge in [0.05, 0.1) is 0 Å². The normalized spacial score (nSPS) is 12.4. The summed E-state index contributed by atoms with van der Waals surface area (Å²) in [6.07, 6.45) is 1.06. The van der Waals surface area contributed by atoms with E-state index in [-0.39, 0.29) is 5.82 Å². The largest absolute Gasteiger partial charge is 0.206 e. The molecule has 0 heterocycles. The lowest BCUT2D eigenvalue weighted by Gasteiger charge is -2.15. The molecule has 17 heavy (non-hydrogen) atoms. The zero-order valence-corrected chi connectivity index (χ0v) is 10.3. The van der Waals surface area contributed by atoms with Crippen molar-refractivity contribution in [2.24, 2.45) is 0 Å². The molecule has 0 fully saturated rings. The van der Waals surface area contributed by atoms with E-state index in [1.807, 2.05) is 30.3 Å². The van der Waals surface area contributed by atoms with Crippen molar-refractivity contribution in [1.82, 2.24) is 0 Å². The maximum absolute atomic E-state index is 13.8. The highest BCUT2D eigenvalue weighted by molar-refractivity contribution is 5.68. The van der Waals surface area contributed by atoms with Crippen molar-refractivity contribution in [2.45, 2.75) is 26.2 Å². The number of halogens is 1. The Morgan fingerprint density at radius 3 is 2.18 bits per heavy atom. The summed E-state index contributed by atoms with van der Waals surface area (Å²) in [5.41, 5.74) is 2.93. The molecule has 1 unspecified atom stereocenters. The van der Waals surface area contributed by atoms with E-state index < -0.39 is 0 Å². The van der Waals surface area contributed by atoms with Gasteiger partial charge in [-0.05, 0) is 29.5 Å². The average Bonchev–Trinajstić information content (AvgIpc) is 2.38. The fourth-order valence-corrected chi connectivity index (χ4v) is 2.07. The van der Waals surface area contributed by atoms with Gasteiger partial charge in [-0.15, -0.1) is 0 Å². The molecule has 0 aliphatic heterocycles. The standard InChI is InChI=1S/C16H17F/c1-3-12(2)13-8-4-5-9-14(13)15-10-6-7-11-16(15)17/h4-12H,3H2,1-2H3. The smallest absolute Gasteiger partial charge is 0.131 e. The second kappa shape index (κ2) is 5.13. The Morgan fingerprint density at radius 1 is 0.941 bits per heavy atom. The van der Waals surface area contributed by atoms with Gasteiger partial charge in [0.25, 0.3) is 0 Å². The molecule has 0 radical (unpaired) electrons. The zero-order valence-electron chi connectivity index (χ0n) is 10.3. The molecular weight excluding hydrogens is 211 g/mol. The summed E-state index contributed by atoms with van der Waals surface area (Å²) in [4.78, 5) is 0. The van der Waals surface area contributed by atoms with Gasteiger partial charge in [0.1, 0.15) is 5.82 Å². The maximum Gasteiger partial charge on any atom is 0.131 e. The molecule has 0 N–H and O–H groups in total. The topological polar surface area (TPSA) is 0 Å². The van der Waals surface area contributed by atoms with E-state index >= 15 is 0 Å². The van der Waals surface area contributed by atoms with E-state index in [1.54, 1.807) is 6.07 Å². The lowest BCUT2D eigenvalue weighted by molar-refractivity contribution is 0.630. The van der Waals surface area contributed by atoms with E-state index in [1.165, 1.54) is 11.6 Å². The van der Waals surface area contributed by atoms with Gasteiger partial charge in [0.15, 0.2) is 0 Å². The lowest BCUT2D eigenvalue weighted by atomic mass is 9.90. The van der Waals surface area contributed by atoms with Gasteiger partial charge < -0.3 is 0 Å². The van der Waals surface area contributed by atoms with Crippen LogP contribution in [0.3, 0.4) is 0 Å². The van der Waals surface area contributed by atoms with Crippen molar-refractivity contribution in [3.05, 3.63) is 59.9 Å². The second-order valence-electron chi connectivity index (χ2n) is 4.38. The SMILES string of the molecule is CCC(C)c1ccccc1-c1ccccc1F. The van der Waals surface area contributed by atoms with Gasteiger partial charge in [-0.2, -0.15) is 0 Å². The van der Waals surface area contributed by atoms with Crippen LogP contribution in [-0.2, 0) is 0 Å². The van der Waals surface area contributed by atoms with Crippen LogP contribution in [0.2, 0.25) is 0 Å². The summed E-state index contributed by atoms with van der Waals surface area (Å²) in [5.74, 6) is 0.300. The van der Waals surface area contributed by atoms with Gasteiger partial charge in [-0.3, -0.25) is 0 Å². The molecule has 0 amide bonds. The van der Waals surface area contributed by atoms with Crippen molar-refractivity contribution >= 4 is 0 Å². The molecule has 0 saturated carbocycles. The Hall–Kier alpha value is -1.63. The minimum atomic E-state index is -0.150. The van der Waals surface area contributed by atoms with Crippen LogP contribution in [0.25, 0.3) is 11.1 Å². The summed E-state index contributed by atoms with van der Waals surface area (Å²) in [6.45, 7) is 4.34. The lowest BCUT2D eigenvalue weighted by Crippen LogP contribution is -1.96. The highest BCUT2D eigenvalue weighted by atomic mass is 19.1. The first-order valence-electron chi connectivity index (χ1n) is 6.08. The fourth-order valence-electron chi connectivity index (χ4n) is 2.07. The fraction of sp³-hybridized carbons (Fsp3) is 0.250. The number of benzene rings is 2. The van der Waals surface area contributed by atoms with Crippen molar-refractivity contribution in [2.75, 3.05) is 0 Å². The second-order valence-corrected chi connectivity index (χ2v) is 4.38. The van der Waals surface area contributed by atoms with E-state index in [0.717, 1.165) is 12.0 Å². The number of hydrogen-bond acceptors (Lipinski definition) is 0. The maximum atomic E-state index is 13.8. The number of rotatable bonds is 3. The van der Waals surface area contributed by atoms with Crippen LogP contribution in [0.1, 0.15) is 31.7 Å². The monoisotopic (exact) mass is 228 g/mol. The van der Waals surface area contributed by atoms with Crippen LogP contribution in [-0.4, -0.2) is 0 Å². The van der Waals surface area contributed by atoms with Crippen LogP contribution in [0.15, 0.2) is 48.5 Å². The third kappa shape index (κ3) is 2.38. The Morgan fingerprint density at radius 2 is 1.53 bits per heavy atom. The van der Waals surface area contributed by atoms with Crippen LogP contribution in [0.5, 0.6) is 0 Å². The molecule has 1 atom stereocenters. The molecule has 2 rings (SSSR count). The van der Waals surface area contributed by atoms with Crippen molar-refractivity contribution in [1.29, 1.82) is 0 Å². The van der Waals surface area contributed by atoms with Crippen LogP contribution >= 0.6 is 0 Å². The average molecular weight is 228 g/mol. The van der Waals surface area contributed by atoms with Gasteiger partial charge in [-0.25, -0.2) is 4.39 Å². The van der Waals surface area contributed by atoms with E-state index in [4.69, 9.17) is 0 Å². The minimum absolute atomic E-state index is 0.150. The van der Waals surface area contributed by atoms with Gasteiger partial charge in [-0.1, -0.05) is 56.3 Å². The van der Waals surface area contributed by atoms with Crippen LogP contribution < -0.4 is 0 Å². The van der Waals surface area contributed by atoms with Crippen molar-refractivity contribution in [3.63, 3.8) is 0 Å². The molecule has 0 bridgehead atoms. The summed E-state index contributed by atoms with van der Waals surface area (Å²) >= 11 is 0. The predicted molar refractivity (Wildman–Crippen MR) is 70.5 cm³/mol. The van der Waals surface area contributed by atoms with Crippen LogP contribution in [0.4, 0.5) is 4.39 Å². The first kappa shape index (κ1) is 11.8. The molecule has 0 aromatic heterocycles. The Bertz CT molecular complexity index is 502. The van der Waals surface area contributed by atoms with Gasteiger partial charge in [0, 0.05) is 5.56 Å². The van der Waals surface area contributed by atoms with Crippen LogP contribution in [0, 0.1) is 5.82 Å². The van der Waals surface area contributed by atoms with E-state index in [2.05, 4.69) is 19.9 Å². The molecule has 0 saturated heterocycles. The Balaban J connectivity index is 2.56. The molecule has 0 aliphatic carbocycles. The first-order valence-corrected chi connectivity index (χ1v) is 6.08. The molecular formula is C16H17F. The summed E-state index contributed by atoms with van der Waals surface area (Å²) in [7, 11) is 0. The Labute approximate surface area is 102 Å². The molecule has 0 nitrogen and oxygen atoms in total. The molecule has 2 aromatic rings. The summed E-state index contributed by atoms with van der Waals surface area (Å²) in [5, 5.41) is 0. The minimum Gasteiger partial charge on any atom is -0.206 e. The molecule has 0 aliphatic rings. The highest BCUT2D eigenvalue weighted by Crippen LogP contribution is 2.31. The molecule has 0 spiro atoms. The molecule has 1 heteroatoms. The predicted octanol–water partition coefficient (Wildman–Crippen LogP) is 5.01. The van der Waals surface area contributed by atoms with Gasteiger partial charge in [0.2, 0.25) is 0 Å². The zero-order chi connectivity index (χ0) is 12.3. The summed E-state index contributed by atoms with van der Waals surface area (Å²) in [6, 6.07) is 15.0. The van der Waals surface area contributed by atoms with E-state index in [0.29, 0.717) is 11.5 Å². The first-order chi connectivity index (χ1) is 8.24. The molecule has 2 aromatic carbocycles. The Kier molecular flexibility index (Phi) is 3.58. The van der Waals surface area contributed by atoms with Crippen molar-refractivity contribution < 1.29 is 4.39 Å². The molecule has 88 valence electrons.